The number of hydrogen-bond acceptors (Lipinski definition) is 7. The number of carbonyl (C=O) groups excluding carboxylic acids is 3. The van der Waals surface area contributed by atoms with E-state index < -0.39 is 23.7 Å². The first-order chi connectivity index (χ1) is 16.1. The van der Waals surface area contributed by atoms with Crippen LogP contribution in [0.25, 0.3) is 0 Å². The van der Waals surface area contributed by atoms with E-state index >= 15 is 0 Å². The van der Waals surface area contributed by atoms with Gasteiger partial charge in [0.1, 0.15) is 23.1 Å². The number of amides is 2. The first-order valence-corrected chi connectivity index (χ1v) is 10.9. The lowest BCUT2D eigenvalue weighted by Crippen LogP contribution is -2.52. The van der Waals surface area contributed by atoms with E-state index in [1.54, 1.807) is 64.3 Å². The largest absolute Gasteiger partial charge is 0.497 e. The fourth-order valence-corrected chi connectivity index (χ4v) is 3.50. The highest BCUT2D eigenvalue weighted by molar-refractivity contribution is 5.97. The van der Waals surface area contributed by atoms with Crippen molar-refractivity contribution in [3.05, 3.63) is 53.6 Å². The van der Waals surface area contributed by atoms with Gasteiger partial charge in [0.2, 0.25) is 5.91 Å². The van der Waals surface area contributed by atoms with Crippen LogP contribution in [0.3, 0.4) is 0 Å². The van der Waals surface area contributed by atoms with Gasteiger partial charge in [-0.1, -0.05) is 6.07 Å². The van der Waals surface area contributed by atoms with E-state index in [2.05, 4.69) is 10.1 Å². The lowest BCUT2D eigenvalue weighted by molar-refractivity contribution is -0.142. The molecule has 9 nitrogen and oxygen atoms in total. The van der Waals surface area contributed by atoms with Gasteiger partial charge in [0.05, 0.1) is 20.8 Å². The number of methoxy groups -OCH3 is 2. The number of esters is 1. The fourth-order valence-electron chi connectivity index (χ4n) is 3.50. The molecule has 2 aromatic carbocycles. The van der Waals surface area contributed by atoms with E-state index in [4.69, 9.17) is 14.2 Å². The zero-order chi connectivity index (χ0) is 24.9. The first kappa shape index (κ1) is 24.9. The third-order valence-corrected chi connectivity index (χ3v) is 5.18. The molecule has 9 heteroatoms. The molecule has 0 spiro atoms. The minimum absolute atomic E-state index is 0.153. The number of hydrogen-bond donors (Lipinski definition) is 1. The first-order valence-electron chi connectivity index (χ1n) is 10.9. The molecule has 182 valence electrons. The normalized spacial score (nSPS) is 15.1. The van der Waals surface area contributed by atoms with Gasteiger partial charge in [0.25, 0.3) is 0 Å². The average Bonchev–Trinajstić information content (AvgIpc) is 2.80. The van der Waals surface area contributed by atoms with Crippen LogP contribution < -0.4 is 14.8 Å². The van der Waals surface area contributed by atoms with Crippen LogP contribution in [-0.2, 0) is 32.0 Å². The fraction of sp³-hybridized carbons (Fsp3) is 0.400. The molecule has 0 fully saturated rings. The Hall–Kier alpha value is -3.75. The van der Waals surface area contributed by atoms with Gasteiger partial charge in [-0.25, -0.2) is 9.59 Å². The number of carbonyl (C=O) groups is 3. The second-order valence-corrected chi connectivity index (χ2v) is 8.84. The molecule has 0 bridgehead atoms. The van der Waals surface area contributed by atoms with Gasteiger partial charge in [-0.3, -0.25) is 9.69 Å². The van der Waals surface area contributed by atoms with Crippen molar-refractivity contribution in [2.75, 3.05) is 26.1 Å². The number of benzene rings is 2. The Morgan fingerprint density at radius 3 is 2.29 bits per heavy atom. The monoisotopic (exact) mass is 470 g/mol. The predicted octanol–water partition coefficient (Wildman–Crippen LogP) is 3.55. The van der Waals surface area contributed by atoms with Crippen molar-refractivity contribution in [3.8, 4) is 11.5 Å². The molecular weight excluding hydrogens is 440 g/mol. The zero-order valence-electron chi connectivity index (χ0n) is 20.0. The highest BCUT2D eigenvalue weighted by Crippen LogP contribution is 2.29. The van der Waals surface area contributed by atoms with E-state index in [0.717, 1.165) is 11.1 Å². The van der Waals surface area contributed by atoms with Gasteiger partial charge in [0, 0.05) is 12.1 Å². The Kier molecular flexibility index (Phi) is 7.65. The number of rotatable bonds is 6. The van der Waals surface area contributed by atoms with Crippen molar-refractivity contribution < 1.29 is 33.3 Å². The molecule has 1 aliphatic heterocycles. The van der Waals surface area contributed by atoms with Gasteiger partial charge >= 0.3 is 12.1 Å². The molecule has 0 saturated carbocycles. The maximum Gasteiger partial charge on any atom is 0.411 e. The van der Waals surface area contributed by atoms with Crippen LogP contribution in [0.1, 0.15) is 31.9 Å². The Morgan fingerprint density at radius 1 is 1.00 bits per heavy atom. The molecule has 34 heavy (non-hydrogen) atoms. The van der Waals surface area contributed by atoms with E-state index in [-0.39, 0.29) is 19.1 Å². The Labute approximate surface area is 198 Å². The molecule has 1 aliphatic rings. The van der Waals surface area contributed by atoms with Crippen molar-refractivity contribution in [2.24, 2.45) is 0 Å². The van der Waals surface area contributed by atoms with Crippen LogP contribution in [0.15, 0.2) is 42.5 Å². The van der Waals surface area contributed by atoms with Gasteiger partial charge < -0.3 is 24.3 Å². The predicted molar refractivity (Wildman–Crippen MR) is 125 cm³/mol. The molecule has 2 amide bonds. The SMILES string of the molecule is COC(=O)COc1ccc2c(c1)CN(C(=O)OC(C)(C)C)C(C(=O)Nc1ccc(OC)cc1)C2. The van der Waals surface area contributed by atoms with Gasteiger partial charge in [-0.05, 0) is 68.3 Å². The summed E-state index contributed by atoms with van der Waals surface area (Å²) in [6, 6.07) is 11.5. The van der Waals surface area contributed by atoms with E-state index in [0.29, 0.717) is 23.6 Å². The van der Waals surface area contributed by atoms with Crippen LogP contribution in [-0.4, -0.2) is 55.3 Å². The summed E-state index contributed by atoms with van der Waals surface area (Å²) in [4.78, 5) is 39.0. The van der Waals surface area contributed by atoms with Crippen LogP contribution in [0.5, 0.6) is 11.5 Å². The summed E-state index contributed by atoms with van der Waals surface area (Å²) in [5.74, 6) is 0.315. The lowest BCUT2D eigenvalue weighted by Gasteiger charge is -2.37. The van der Waals surface area contributed by atoms with Crippen LogP contribution in [0.2, 0.25) is 0 Å². The minimum Gasteiger partial charge on any atom is -0.497 e. The number of anilines is 1. The summed E-state index contributed by atoms with van der Waals surface area (Å²) in [5.41, 5.74) is 1.58. The number of ether oxygens (including phenoxy) is 4. The maximum atomic E-state index is 13.2. The van der Waals surface area contributed by atoms with Crippen molar-refractivity contribution in [1.29, 1.82) is 0 Å². The molecule has 1 atom stereocenters. The standard InChI is InChI=1S/C25H30N2O7/c1-25(2,3)34-24(30)27-14-17-12-20(33-15-22(28)32-5)9-6-16(17)13-21(27)23(29)26-18-7-10-19(31-4)11-8-18/h6-12,21H,13-15H2,1-5H3,(H,26,29). The smallest absolute Gasteiger partial charge is 0.411 e. The lowest BCUT2D eigenvalue weighted by atomic mass is 9.93. The summed E-state index contributed by atoms with van der Waals surface area (Å²) in [6.45, 7) is 5.24. The molecule has 0 saturated heterocycles. The Morgan fingerprint density at radius 2 is 1.68 bits per heavy atom. The molecule has 3 rings (SSSR count). The quantitative estimate of drug-likeness (QED) is 0.644. The summed E-state index contributed by atoms with van der Waals surface area (Å²) >= 11 is 0. The summed E-state index contributed by atoms with van der Waals surface area (Å²) in [7, 11) is 2.85. The average molecular weight is 471 g/mol. The summed E-state index contributed by atoms with van der Waals surface area (Å²) < 4.78 is 20.8. The van der Waals surface area contributed by atoms with Crippen molar-refractivity contribution in [3.63, 3.8) is 0 Å². The van der Waals surface area contributed by atoms with Crippen LogP contribution in [0, 0.1) is 0 Å². The van der Waals surface area contributed by atoms with Crippen LogP contribution in [0.4, 0.5) is 10.5 Å². The summed E-state index contributed by atoms with van der Waals surface area (Å²) in [5, 5.41) is 2.87. The number of nitrogens with zero attached hydrogens (tertiary/aromatic N) is 1. The van der Waals surface area contributed by atoms with Crippen LogP contribution >= 0.6 is 0 Å². The molecule has 0 aliphatic carbocycles. The maximum absolute atomic E-state index is 13.2. The van der Waals surface area contributed by atoms with Crippen molar-refractivity contribution >= 4 is 23.7 Å². The number of nitrogens with one attached hydrogen (secondary N) is 1. The molecule has 1 N–H and O–H groups in total. The van der Waals surface area contributed by atoms with Gasteiger partial charge in [0.15, 0.2) is 6.61 Å². The molecular formula is C25H30N2O7. The van der Waals surface area contributed by atoms with E-state index in [1.165, 1.54) is 12.0 Å². The highest BCUT2D eigenvalue weighted by Gasteiger charge is 2.37. The molecule has 1 unspecified atom stereocenters. The number of fused-ring (bicyclic) bond motifs is 1. The second kappa shape index (κ2) is 10.5. The molecule has 0 aromatic heterocycles. The van der Waals surface area contributed by atoms with Gasteiger partial charge in [-0.15, -0.1) is 0 Å². The van der Waals surface area contributed by atoms with Gasteiger partial charge in [-0.2, -0.15) is 0 Å². The molecule has 1 heterocycles. The Bertz CT molecular complexity index is 1040. The van der Waals surface area contributed by atoms with Crippen molar-refractivity contribution in [1.82, 2.24) is 4.90 Å². The topological polar surface area (TPSA) is 103 Å². The van der Waals surface area contributed by atoms with E-state index in [9.17, 15) is 14.4 Å². The zero-order valence-corrected chi connectivity index (χ0v) is 20.0. The third-order valence-electron chi connectivity index (χ3n) is 5.18. The third kappa shape index (κ3) is 6.40. The summed E-state index contributed by atoms with van der Waals surface area (Å²) in [6.07, 6.45) is -0.290. The molecule has 2 aromatic rings. The van der Waals surface area contributed by atoms with Crippen molar-refractivity contribution in [2.45, 2.75) is 45.4 Å². The Balaban J connectivity index is 1.84. The highest BCUT2D eigenvalue weighted by atomic mass is 16.6. The molecule has 0 radical (unpaired) electrons. The van der Waals surface area contributed by atoms with E-state index in [1.807, 2.05) is 6.07 Å². The minimum atomic E-state index is -0.772. The second-order valence-electron chi connectivity index (χ2n) is 8.84.